The predicted octanol–water partition coefficient (Wildman–Crippen LogP) is 2.95. The van der Waals surface area contributed by atoms with Crippen molar-refractivity contribution in [1.82, 2.24) is 5.32 Å². The molecule has 0 unspecified atom stereocenters. The third kappa shape index (κ3) is 6.18. The molecule has 3 heteroatoms. The van der Waals surface area contributed by atoms with Crippen molar-refractivity contribution in [3.8, 4) is 35.3 Å². The third-order valence-corrected chi connectivity index (χ3v) is 3.65. The number of amides is 1. The molecule has 1 amide bonds. The molecule has 0 saturated heterocycles. The summed E-state index contributed by atoms with van der Waals surface area (Å²) in [6, 6.07) is 17.8. The zero-order valence-corrected chi connectivity index (χ0v) is 14.2. The first kappa shape index (κ1) is 18.3. The standard InChI is InChI=1S/C22H22N2O/c1-2-10-21(23)22(25)24-16-8-4-5-11-18-12-9-15-20(17-18)19-13-6-3-7-14-19/h1,3,6-7,9,12-15,17,21H,4,8,10,16,23H2,(H,24,25)/t21-/m0/s1. The number of nitrogens with one attached hydrogen (secondary N) is 1. The van der Waals surface area contributed by atoms with Gasteiger partial charge in [-0.15, -0.1) is 12.3 Å². The van der Waals surface area contributed by atoms with Crippen LogP contribution in [0.5, 0.6) is 0 Å². The second-order valence-corrected chi connectivity index (χ2v) is 5.66. The van der Waals surface area contributed by atoms with Crippen molar-refractivity contribution in [3.05, 3.63) is 60.2 Å². The topological polar surface area (TPSA) is 55.1 Å². The van der Waals surface area contributed by atoms with E-state index in [-0.39, 0.29) is 12.3 Å². The van der Waals surface area contributed by atoms with Crippen LogP contribution >= 0.6 is 0 Å². The van der Waals surface area contributed by atoms with Crippen LogP contribution in [0.4, 0.5) is 0 Å². The van der Waals surface area contributed by atoms with E-state index in [4.69, 9.17) is 12.2 Å². The lowest BCUT2D eigenvalue weighted by atomic mass is 10.0. The maximum atomic E-state index is 11.6. The van der Waals surface area contributed by atoms with Gasteiger partial charge >= 0.3 is 0 Å². The molecule has 25 heavy (non-hydrogen) atoms. The number of carbonyl (C=O) groups excluding carboxylic acids is 1. The van der Waals surface area contributed by atoms with Crippen LogP contribution in [-0.2, 0) is 4.79 Å². The smallest absolute Gasteiger partial charge is 0.237 e. The van der Waals surface area contributed by atoms with Gasteiger partial charge in [-0.05, 0) is 29.7 Å². The Labute approximate surface area is 149 Å². The molecule has 0 aromatic heterocycles. The van der Waals surface area contributed by atoms with Gasteiger partial charge in [0.05, 0.1) is 6.04 Å². The van der Waals surface area contributed by atoms with E-state index in [1.54, 1.807) is 0 Å². The molecule has 0 heterocycles. The van der Waals surface area contributed by atoms with Gasteiger partial charge in [0.1, 0.15) is 0 Å². The minimum atomic E-state index is -0.628. The molecule has 0 radical (unpaired) electrons. The highest BCUT2D eigenvalue weighted by atomic mass is 16.2. The molecule has 0 aliphatic heterocycles. The zero-order valence-electron chi connectivity index (χ0n) is 14.2. The van der Waals surface area contributed by atoms with Gasteiger partial charge in [-0.2, -0.15) is 0 Å². The molecule has 3 nitrogen and oxygen atoms in total. The molecule has 2 aromatic carbocycles. The lowest BCUT2D eigenvalue weighted by Gasteiger charge is -2.08. The van der Waals surface area contributed by atoms with Crippen molar-refractivity contribution < 1.29 is 4.79 Å². The summed E-state index contributed by atoms with van der Waals surface area (Å²) in [4.78, 5) is 11.6. The summed E-state index contributed by atoms with van der Waals surface area (Å²) >= 11 is 0. The first-order valence-electron chi connectivity index (χ1n) is 8.32. The SMILES string of the molecule is C#CC[C@H](N)C(=O)NCCCC#Cc1cccc(-c2ccccc2)c1. The third-order valence-electron chi connectivity index (χ3n) is 3.65. The first-order valence-corrected chi connectivity index (χ1v) is 8.32. The molecule has 0 bridgehead atoms. The van der Waals surface area contributed by atoms with Crippen molar-refractivity contribution in [2.24, 2.45) is 5.73 Å². The van der Waals surface area contributed by atoms with Gasteiger partial charge in [-0.3, -0.25) is 4.79 Å². The summed E-state index contributed by atoms with van der Waals surface area (Å²) in [7, 11) is 0. The number of hydrogen-bond acceptors (Lipinski definition) is 2. The van der Waals surface area contributed by atoms with Crippen molar-refractivity contribution in [1.29, 1.82) is 0 Å². The second-order valence-electron chi connectivity index (χ2n) is 5.66. The maximum absolute atomic E-state index is 11.6. The summed E-state index contributed by atoms with van der Waals surface area (Å²) in [5, 5.41) is 2.77. The summed E-state index contributed by atoms with van der Waals surface area (Å²) < 4.78 is 0. The van der Waals surface area contributed by atoms with E-state index in [9.17, 15) is 4.79 Å². The molecular formula is C22H22N2O. The average molecular weight is 330 g/mol. The van der Waals surface area contributed by atoms with E-state index in [1.165, 1.54) is 5.56 Å². The van der Waals surface area contributed by atoms with E-state index >= 15 is 0 Å². The number of unbranched alkanes of at least 4 members (excludes halogenated alkanes) is 1. The summed E-state index contributed by atoms with van der Waals surface area (Å²) in [5.74, 6) is 8.49. The van der Waals surface area contributed by atoms with Crippen molar-refractivity contribution in [2.45, 2.75) is 25.3 Å². The Kier molecular flexibility index (Phi) is 7.32. The van der Waals surface area contributed by atoms with Crippen LogP contribution < -0.4 is 11.1 Å². The Morgan fingerprint density at radius 3 is 2.64 bits per heavy atom. The quantitative estimate of drug-likeness (QED) is 0.632. The molecule has 0 aliphatic rings. The van der Waals surface area contributed by atoms with E-state index in [1.807, 2.05) is 30.3 Å². The number of hydrogen-bond donors (Lipinski definition) is 2. The largest absolute Gasteiger partial charge is 0.355 e. The number of terminal acetylenes is 1. The van der Waals surface area contributed by atoms with E-state index < -0.39 is 6.04 Å². The van der Waals surface area contributed by atoms with Crippen molar-refractivity contribution in [3.63, 3.8) is 0 Å². The Hall–Kier alpha value is -3.01. The van der Waals surface area contributed by atoms with Gasteiger partial charge in [0.2, 0.25) is 5.91 Å². The minimum Gasteiger partial charge on any atom is -0.355 e. The number of nitrogens with two attached hydrogens (primary N) is 1. The van der Waals surface area contributed by atoms with Crippen LogP contribution in [0, 0.1) is 24.2 Å². The Bertz CT molecular complexity index is 794. The lowest BCUT2D eigenvalue weighted by Crippen LogP contribution is -2.40. The molecule has 0 aliphatic carbocycles. The molecule has 126 valence electrons. The van der Waals surface area contributed by atoms with Crippen molar-refractivity contribution >= 4 is 5.91 Å². The highest BCUT2D eigenvalue weighted by Crippen LogP contribution is 2.19. The van der Waals surface area contributed by atoms with Gasteiger partial charge in [-0.25, -0.2) is 0 Å². The molecule has 1 atom stereocenters. The Balaban J connectivity index is 1.80. The number of rotatable bonds is 6. The fourth-order valence-corrected chi connectivity index (χ4v) is 2.31. The molecule has 2 rings (SSSR count). The molecule has 0 fully saturated rings. The number of carbonyl (C=O) groups is 1. The van der Waals surface area contributed by atoms with Crippen LogP contribution in [0.15, 0.2) is 54.6 Å². The molecule has 3 N–H and O–H groups in total. The zero-order chi connectivity index (χ0) is 17.9. The fraction of sp³-hybridized carbons (Fsp3) is 0.227. The molecular weight excluding hydrogens is 308 g/mol. The van der Waals surface area contributed by atoms with Crippen LogP contribution in [0.1, 0.15) is 24.8 Å². The first-order chi connectivity index (χ1) is 12.2. The Morgan fingerprint density at radius 1 is 1.12 bits per heavy atom. The van der Waals surface area contributed by atoms with Gasteiger partial charge < -0.3 is 11.1 Å². The number of benzene rings is 2. The van der Waals surface area contributed by atoms with Gasteiger partial charge in [0.25, 0.3) is 0 Å². The highest BCUT2D eigenvalue weighted by Gasteiger charge is 2.10. The second kappa shape index (κ2) is 9.98. The van der Waals surface area contributed by atoms with Gasteiger partial charge in [0, 0.05) is 24.9 Å². The van der Waals surface area contributed by atoms with Crippen LogP contribution in [0.3, 0.4) is 0 Å². The van der Waals surface area contributed by atoms with E-state index in [0.717, 1.165) is 17.5 Å². The monoisotopic (exact) mass is 330 g/mol. The lowest BCUT2D eigenvalue weighted by molar-refractivity contribution is -0.122. The fourth-order valence-electron chi connectivity index (χ4n) is 2.31. The normalized spacial score (nSPS) is 10.9. The van der Waals surface area contributed by atoms with Gasteiger partial charge in [-0.1, -0.05) is 54.3 Å². The van der Waals surface area contributed by atoms with Crippen LogP contribution in [0.25, 0.3) is 11.1 Å². The van der Waals surface area contributed by atoms with E-state index in [2.05, 4.69) is 47.3 Å². The molecule has 0 saturated carbocycles. The summed E-state index contributed by atoms with van der Waals surface area (Å²) in [5.41, 5.74) is 8.94. The van der Waals surface area contributed by atoms with Gasteiger partial charge in [0.15, 0.2) is 0 Å². The van der Waals surface area contributed by atoms with Crippen LogP contribution in [0.2, 0.25) is 0 Å². The summed E-state index contributed by atoms with van der Waals surface area (Å²) in [6.07, 6.45) is 6.88. The minimum absolute atomic E-state index is 0.207. The molecule has 0 spiro atoms. The average Bonchev–Trinajstić information content (AvgIpc) is 2.65. The van der Waals surface area contributed by atoms with Crippen molar-refractivity contribution in [2.75, 3.05) is 6.54 Å². The summed E-state index contributed by atoms with van der Waals surface area (Å²) in [6.45, 7) is 0.551. The van der Waals surface area contributed by atoms with Crippen LogP contribution in [-0.4, -0.2) is 18.5 Å². The highest BCUT2D eigenvalue weighted by molar-refractivity contribution is 5.81. The van der Waals surface area contributed by atoms with E-state index in [0.29, 0.717) is 13.0 Å². The predicted molar refractivity (Wildman–Crippen MR) is 102 cm³/mol. The Morgan fingerprint density at radius 2 is 1.88 bits per heavy atom. The maximum Gasteiger partial charge on any atom is 0.237 e. The molecule has 2 aromatic rings.